The van der Waals surface area contributed by atoms with Crippen LogP contribution in [-0.4, -0.2) is 24.5 Å². The molecule has 7 nitrogen and oxygen atoms in total. The second-order valence-corrected chi connectivity index (χ2v) is 8.12. The van der Waals surface area contributed by atoms with Gasteiger partial charge in [0, 0.05) is 6.07 Å². The first-order chi connectivity index (χ1) is 12.3. The summed E-state index contributed by atoms with van der Waals surface area (Å²) in [4.78, 5) is 14.4. The van der Waals surface area contributed by atoms with Gasteiger partial charge in [0.2, 0.25) is 0 Å². The van der Waals surface area contributed by atoms with Crippen molar-refractivity contribution in [3.05, 3.63) is 51.9 Å². The number of aromatic carboxylic acids is 1. The number of hydrogen-bond donors (Lipinski definition) is 3. The van der Waals surface area contributed by atoms with Crippen molar-refractivity contribution in [1.82, 2.24) is 4.98 Å². The fraction of sp³-hybridized carbons (Fsp3) is 0.176. The summed E-state index contributed by atoms with van der Waals surface area (Å²) in [5.41, 5.74) is 2.83. The highest BCUT2D eigenvalue weighted by Gasteiger charge is 2.26. The Hall–Kier alpha value is -2.65. The largest absolute Gasteiger partial charge is 0.478 e. The Kier molecular flexibility index (Phi) is 3.85. The molecule has 3 N–H and O–H groups in total. The van der Waals surface area contributed by atoms with Gasteiger partial charge < -0.3 is 14.5 Å². The molecule has 3 aromatic rings. The lowest BCUT2D eigenvalue weighted by molar-refractivity contribution is 0.0696. The van der Waals surface area contributed by atoms with Crippen LogP contribution in [0.2, 0.25) is 0 Å². The smallest absolute Gasteiger partial charge is 0.335 e. The quantitative estimate of drug-likeness (QED) is 0.588. The number of sulfonamides is 1. The summed E-state index contributed by atoms with van der Waals surface area (Å²) in [5, 5.41) is 9.28. The Morgan fingerprint density at radius 1 is 1.23 bits per heavy atom. The summed E-state index contributed by atoms with van der Waals surface area (Å²) in [7, 11) is -3.95. The summed E-state index contributed by atoms with van der Waals surface area (Å²) in [6, 6.07) is 7.54. The molecule has 1 aliphatic carbocycles. The third-order valence-corrected chi connectivity index (χ3v) is 6.02. The molecule has 1 heterocycles. The van der Waals surface area contributed by atoms with Crippen LogP contribution in [0, 0.1) is 4.84 Å². The second-order valence-electron chi connectivity index (χ2n) is 6.10. The Bertz CT molecular complexity index is 1210. The summed E-state index contributed by atoms with van der Waals surface area (Å²) in [6.07, 6.45) is 2.09. The fourth-order valence-electron chi connectivity index (χ4n) is 3.25. The highest BCUT2D eigenvalue weighted by atomic mass is 32.2. The maximum absolute atomic E-state index is 12.9. The van der Waals surface area contributed by atoms with Gasteiger partial charge in [0.25, 0.3) is 14.9 Å². The molecule has 0 radical (unpaired) electrons. The van der Waals surface area contributed by atoms with E-state index in [9.17, 15) is 18.3 Å². The number of nitrogens with one attached hydrogen (secondary N) is 2. The van der Waals surface area contributed by atoms with Crippen LogP contribution in [-0.2, 0) is 22.9 Å². The lowest BCUT2D eigenvalue weighted by Gasteiger charge is -2.13. The van der Waals surface area contributed by atoms with E-state index in [1.165, 1.54) is 12.1 Å². The zero-order valence-electron chi connectivity index (χ0n) is 13.4. The van der Waals surface area contributed by atoms with Crippen LogP contribution in [0.4, 0.5) is 5.69 Å². The molecular formula is C17H14N2O5S2. The first kappa shape index (κ1) is 16.8. The van der Waals surface area contributed by atoms with Gasteiger partial charge in [-0.05, 0) is 66.9 Å². The molecule has 2 aromatic carbocycles. The van der Waals surface area contributed by atoms with Crippen LogP contribution in [0.5, 0.6) is 0 Å². The molecule has 0 saturated heterocycles. The van der Waals surface area contributed by atoms with Gasteiger partial charge >= 0.3 is 5.97 Å². The number of carboxylic acids is 1. The van der Waals surface area contributed by atoms with E-state index in [0.717, 1.165) is 12.0 Å². The van der Waals surface area contributed by atoms with Crippen molar-refractivity contribution < 1.29 is 22.7 Å². The minimum Gasteiger partial charge on any atom is -0.478 e. The number of benzene rings is 2. The van der Waals surface area contributed by atoms with E-state index in [0.29, 0.717) is 35.2 Å². The molecule has 0 aliphatic heterocycles. The predicted octanol–water partition coefficient (Wildman–Crippen LogP) is 3.48. The summed E-state index contributed by atoms with van der Waals surface area (Å²) in [5.74, 6) is -1.15. The van der Waals surface area contributed by atoms with Crippen LogP contribution in [0.15, 0.2) is 39.6 Å². The molecule has 0 amide bonds. The maximum Gasteiger partial charge on any atom is 0.335 e. The Morgan fingerprint density at radius 3 is 2.81 bits per heavy atom. The molecule has 1 aromatic heterocycles. The lowest BCUT2D eigenvalue weighted by atomic mass is 10.1. The van der Waals surface area contributed by atoms with Gasteiger partial charge in [0.1, 0.15) is 0 Å². The number of hydrogen-bond acceptors (Lipinski definition) is 5. The average Bonchev–Trinajstić information content (AvgIpc) is 3.17. The van der Waals surface area contributed by atoms with Crippen molar-refractivity contribution in [1.29, 1.82) is 0 Å². The number of carbonyl (C=O) groups is 1. The molecule has 0 saturated carbocycles. The monoisotopic (exact) mass is 390 g/mol. The molecule has 26 heavy (non-hydrogen) atoms. The fourth-order valence-corrected chi connectivity index (χ4v) is 4.83. The first-order valence-corrected chi connectivity index (χ1v) is 9.77. The number of fused-ring (bicyclic) bond motifs is 2. The van der Waals surface area contributed by atoms with E-state index in [-0.39, 0.29) is 15.3 Å². The van der Waals surface area contributed by atoms with Gasteiger partial charge in [0.05, 0.1) is 21.7 Å². The molecule has 0 fully saturated rings. The predicted molar refractivity (Wildman–Crippen MR) is 97.6 cm³/mol. The van der Waals surface area contributed by atoms with Crippen LogP contribution in [0.25, 0.3) is 11.1 Å². The van der Waals surface area contributed by atoms with Crippen molar-refractivity contribution >= 4 is 45.0 Å². The van der Waals surface area contributed by atoms with E-state index in [2.05, 4.69) is 9.71 Å². The zero-order chi connectivity index (χ0) is 18.5. The Labute approximate surface area is 153 Å². The molecule has 0 atom stereocenters. The number of H-pyrrole nitrogens is 1. The second kappa shape index (κ2) is 5.96. The third kappa shape index (κ3) is 2.89. The highest BCUT2D eigenvalue weighted by Crippen LogP contribution is 2.31. The van der Waals surface area contributed by atoms with Gasteiger partial charge in [0.15, 0.2) is 5.58 Å². The molecule has 0 unspecified atom stereocenters. The minimum absolute atomic E-state index is 0.0139. The normalized spacial score (nSPS) is 13.7. The number of carboxylic acid groups (broad SMARTS) is 1. The minimum atomic E-state index is -3.95. The number of aryl methyl sites for hydroxylation is 1. The summed E-state index contributed by atoms with van der Waals surface area (Å²) < 4.78 is 33.6. The first-order valence-electron chi connectivity index (χ1n) is 7.88. The maximum atomic E-state index is 12.9. The van der Waals surface area contributed by atoms with E-state index in [4.69, 9.17) is 16.6 Å². The van der Waals surface area contributed by atoms with Crippen LogP contribution in [0.3, 0.4) is 0 Å². The SMILES string of the molecule is O=C(O)c1cc2c(c(S(=O)(=O)Nc3ccc4[nH]c(=S)oc4c3)c1)CCC2. The number of aromatic nitrogens is 1. The zero-order valence-corrected chi connectivity index (χ0v) is 15.0. The average molecular weight is 390 g/mol. The van der Waals surface area contributed by atoms with Gasteiger partial charge in [-0.3, -0.25) is 4.72 Å². The van der Waals surface area contributed by atoms with Crippen molar-refractivity contribution in [2.75, 3.05) is 4.72 Å². The highest BCUT2D eigenvalue weighted by molar-refractivity contribution is 7.92. The van der Waals surface area contributed by atoms with E-state index < -0.39 is 16.0 Å². The van der Waals surface area contributed by atoms with Crippen molar-refractivity contribution in [3.63, 3.8) is 0 Å². The molecule has 134 valence electrons. The van der Waals surface area contributed by atoms with E-state index in [1.54, 1.807) is 18.2 Å². The topological polar surface area (TPSA) is 112 Å². The van der Waals surface area contributed by atoms with E-state index in [1.807, 2.05) is 0 Å². The molecule has 0 spiro atoms. The molecule has 1 aliphatic rings. The lowest BCUT2D eigenvalue weighted by Crippen LogP contribution is -2.16. The van der Waals surface area contributed by atoms with Gasteiger partial charge in [-0.2, -0.15) is 0 Å². The van der Waals surface area contributed by atoms with Crippen molar-refractivity contribution in [3.8, 4) is 0 Å². The van der Waals surface area contributed by atoms with Crippen LogP contribution < -0.4 is 4.72 Å². The van der Waals surface area contributed by atoms with Gasteiger partial charge in [-0.15, -0.1) is 0 Å². The van der Waals surface area contributed by atoms with Gasteiger partial charge in [-0.1, -0.05) is 0 Å². The molecule has 9 heteroatoms. The van der Waals surface area contributed by atoms with E-state index >= 15 is 0 Å². The molecule has 4 rings (SSSR count). The van der Waals surface area contributed by atoms with Crippen LogP contribution >= 0.6 is 12.2 Å². The van der Waals surface area contributed by atoms with Crippen LogP contribution in [0.1, 0.15) is 27.9 Å². The van der Waals surface area contributed by atoms with Gasteiger partial charge in [-0.25, -0.2) is 13.2 Å². The van der Waals surface area contributed by atoms with Crippen molar-refractivity contribution in [2.45, 2.75) is 24.2 Å². The standard InChI is InChI=1S/C17H14N2O5S2/c20-16(21)10-6-9-2-1-3-12(9)15(7-10)26(22,23)19-11-4-5-13-14(8-11)24-17(25)18-13/h4-8,19H,1-3H2,(H,18,25)(H,20,21). The summed E-state index contributed by atoms with van der Waals surface area (Å²) in [6.45, 7) is 0. The number of anilines is 1. The molecule has 0 bridgehead atoms. The number of oxazole rings is 1. The number of rotatable bonds is 4. The van der Waals surface area contributed by atoms with Crippen molar-refractivity contribution in [2.24, 2.45) is 0 Å². The summed E-state index contributed by atoms with van der Waals surface area (Å²) >= 11 is 4.92. The Morgan fingerprint density at radius 2 is 2.04 bits per heavy atom. The Balaban J connectivity index is 1.78. The third-order valence-electron chi connectivity index (χ3n) is 4.38. The molecular weight excluding hydrogens is 376 g/mol. The number of aromatic amines is 1.